The van der Waals surface area contributed by atoms with Crippen molar-refractivity contribution in [3.8, 4) is 6.01 Å². The molecule has 0 radical (unpaired) electrons. The van der Waals surface area contributed by atoms with Gasteiger partial charge in [0, 0.05) is 13.1 Å². The molecule has 1 aliphatic rings. The predicted octanol–water partition coefficient (Wildman–Crippen LogP) is 2.46. The Bertz CT molecular complexity index is 1210. The maximum Gasteiger partial charge on any atom is 0.327 e. The van der Waals surface area contributed by atoms with Gasteiger partial charge < -0.3 is 25.5 Å². The van der Waals surface area contributed by atoms with Gasteiger partial charge in [-0.2, -0.15) is 9.97 Å². The van der Waals surface area contributed by atoms with Crippen LogP contribution in [0.25, 0.3) is 11.2 Å². The van der Waals surface area contributed by atoms with E-state index < -0.39 is 5.97 Å². The lowest BCUT2D eigenvalue weighted by Gasteiger charge is -2.32. The van der Waals surface area contributed by atoms with Crippen molar-refractivity contribution in [1.82, 2.24) is 24.4 Å². The zero-order valence-corrected chi connectivity index (χ0v) is 20.2. The molecule has 0 unspecified atom stereocenters. The maximum absolute atomic E-state index is 12.6. The van der Waals surface area contributed by atoms with Crippen molar-refractivity contribution in [1.29, 1.82) is 0 Å². The Balaban J connectivity index is 1.33. The normalized spacial score (nSPS) is 15.0. The third kappa shape index (κ3) is 6.39. The van der Waals surface area contributed by atoms with E-state index in [0.29, 0.717) is 30.2 Å². The molecular formula is C25H34N6O4. The summed E-state index contributed by atoms with van der Waals surface area (Å²) in [7, 11) is 0. The molecule has 3 heterocycles. The second-order valence-electron chi connectivity index (χ2n) is 9.25. The molecule has 0 spiro atoms. The minimum absolute atomic E-state index is 0.0580. The highest BCUT2D eigenvalue weighted by Gasteiger charge is 2.21. The number of carboxylic acids is 1. The van der Waals surface area contributed by atoms with Crippen LogP contribution in [-0.2, 0) is 24.2 Å². The number of benzene rings is 1. The first kappa shape index (κ1) is 24.7. The summed E-state index contributed by atoms with van der Waals surface area (Å²) >= 11 is 0. The van der Waals surface area contributed by atoms with Crippen molar-refractivity contribution < 1.29 is 14.6 Å². The second-order valence-corrected chi connectivity index (χ2v) is 9.25. The van der Waals surface area contributed by atoms with Crippen LogP contribution in [0.15, 0.2) is 29.1 Å². The first-order valence-corrected chi connectivity index (χ1v) is 12.3. The van der Waals surface area contributed by atoms with Crippen LogP contribution in [0.1, 0.15) is 43.7 Å². The number of piperidine rings is 1. The van der Waals surface area contributed by atoms with Crippen molar-refractivity contribution in [2.75, 3.05) is 32.0 Å². The number of imidazole rings is 1. The lowest BCUT2D eigenvalue weighted by molar-refractivity contribution is -0.136. The molecular weight excluding hydrogens is 448 g/mol. The van der Waals surface area contributed by atoms with Crippen LogP contribution < -0.4 is 16.2 Å². The Labute approximate surface area is 204 Å². The smallest absolute Gasteiger partial charge is 0.327 e. The summed E-state index contributed by atoms with van der Waals surface area (Å²) in [4.78, 5) is 37.3. The summed E-state index contributed by atoms with van der Waals surface area (Å²) in [6, 6.07) is 8.10. The molecule has 35 heavy (non-hydrogen) atoms. The molecule has 0 aliphatic carbocycles. The SMILES string of the molecule is CCCCOc1nc(N)c2[nH]c(=O)n(CCN3CCC(Cc4cccc(CC(=O)O)c4)CC3)c2n1. The van der Waals surface area contributed by atoms with Crippen LogP contribution in [-0.4, -0.2) is 61.7 Å². The number of carbonyl (C=O) groups is 1. The fourth-order valence-corrected chi connectivity index (χ4v) is 4.64. The van der Waals surface area contributed by atoms with E-state index in [1.54, 1.807) is 4.57 Å². The van der Waals surface area contributed by atoms with Gasteiger partial charge in [0.15, 0.2) is 11.5 Å². The monoisotopic (exact) mass is 482 g/mol. The summed E-state index contributed by atoms with van der Waals surface area (Å²) in [6.45, 7) is 5.75. The standard InChI is InChI=1S/C25H34N6O4/c1-2-3-13-35-24-28-22(26)21-23(29-24)31(25(34)27-21)12-11-30-9-7-17(8-10-30)14-18-5-4-6-19(15-18)16-20(32)33/h4-6,15,17H,2-3,7-14,16H2,1H3,(H,27,34)(H,32,33)(H2,26,28,29). The molecule has 4 N–H and O–H groups in total. The van der Waals surface area contributed by atoms with Crippen LogP contribution in [0, 0.1) is 5.92 Å². The van der Waals surface area contributed by atoms with E-state index in [2.05, 4.69) is 32.8 Å². The molecule has 0 saturated carbocycles. The van der Waals surface area contributed by atoms with E-state index in [9.17, 15) is 9.59 Å². The van der Waals surface area contributed by atoms with Crippen LogP contribution in [0.2, 0.25) is 0 Å². The highest BCUT2D eigenvalue weighted by atomic mass is 16.5. The van der Waals surface area contributed by atoms with Gasteiger partial charge in [0.25, 0.3) is 0 Å². The molecule has 4 rings (SSSR count). The Morgan fingerprint density at radius 1 is 1.23 bits per heavy atom. The molecule has 1 fully saturated rings. The Morgan fingerprint density at radius 2 is 2.00 bits per heavy atom. The lowest BCUT2D eigenvalue weighted by atomic mass is 9.89. The fourth-order valence-electron chi connectivity index (χ4n) is 4.64. The van der Waals surface area contributed by atoms with Gasteiger partial charge in [-0.3, -0.25) is 9.36 Å². The molecule has 0 bridgehead atoms. The average molecular weight is 483 g/mol. The number of aliphatic carboxylic acids is 1. The Hall–Kier alpha value is -3.40. The number of likely N-dealkylation sites (tertiary alicyclic amines) is 1. The minimum Gasteiger partial charge on any atom is -0.481 e. The number of hydrogen-bond donors (Lipinski definition) is 3. The van der Waals surface area contributed by atoms with Crippen molar-refractivity contribution in [3.63, 3.8) is 0 Å². The first-order valence-electron chi connectivity index (χ1n) is 12.3. The maximum atomic E-state index is 12.6. The summed E-state index contributed by atoms with van der Waals surface area (Å²) in [6.07, 6.45) is 5.04. The number of hydrogen-bond acceptors (Lipinski definition) is 7. The quantitative estimate of drug-likeness (QED) is 0.354. The third-order valence-corrected chi connectivity index (χ3v) is 6.58. The Kier molecular flexibility index (Phi) is 8.02. The van der Waals surface area contributed by atoms with Gasteiger partial charge in [-0.15, -0.1) is 0 Å². The summed E-state index contributed by atoms with van der Waals surface area (Å²) in [5.74, 6) is -0.0257. The number of aromatic nitrogens is 4. The van der Waals surface area contributed by atoms with Crippen molar-refractivity contribution in [3.05, 3.63) is 45.9 Å². The van der Waals surface area contributed by atoms with Crippen molar-refractivity contribution in [2.24, 2.45) is 5.92 Å². The number of nitrogens with two attached hydrogens (primary N) is 1. The van der Waals surface area contributed by atoms with E-state index in [4.69, 9.17) is 15.6 Å². The predicted molar refractivity (Wildman–Crippen MR) is 134 cm³/mol. The average Bonchev–Trinajstić information content (AvgIpc) is 3.14. The topological polar surface area (TPSA) is 139 Å². The molecule has 1 aliphatic heterocycles. The Morgan fingerprint density at radius 3 is 2.74 bits per heavy atom. The zero-order valence-electron chi connectivity index (χ0n) is 20.2. The van der Waals surface area contributed by atoms with Crippen LogP contribution in [0.5, 0.6) is 6.01 Å². The highest BCUT2D eigenvalue weighted by molar-refractivity contribution is 5.81. The number of carboxylic acid groups (broad SMARTS) is 1. The molecule has 188 valence electrons. The van der Waals surface area contributed by atoms with Crippen LogP contribution >= 0.6 is 0 Å². The largest absolute Gasteiger partial charge is 0.481 e. The lowest BCUT2D eigenvalue weighted by Crippen LogP contribution is -2.37. The van der Waals surface area contributed by atoms with E-state index in [1.165, 1.54) is 5.56 Å². The number of fused-ring (bicyclic) bond motifs is 1. The molecule has 3 aromatic rings. The molecule has 1 saturated heterocycles. The highest BCUT2D eigenvalue weighted by Crippen LogP contribution is 2.23. The third-order valence-electron chi connectivity index (χ3n) is 6.58. The van der Waals surface area contributed by atoms with Gasteiger partial charge in [0.2, 0.25) is 0 Å². The summed E-state index contributed by atoms with van der Waals surface area (Å²) < 4.78 is 7.22. The molecule has 10 heteroatoms. The van der Waals surface area contributed by atoms with Crippen LogP contribution in [0.3, 0.4) is 0 Å². The molecule has 2 aromatic heterocycles. The van der Waals surface area contributed by atoms with Gasteiger partial charge in [0.05, 0.1) is 13.0 Å². The van der Waals surface area contributed by atoms with Gasteiger partial charge in [0.1, 0.15) is 5.52 Å². The van der Waals surface area contributed by atoms with Crippen molar-refractivity contribution in [2.45, 2.75) is 52.0 Å². The van der Waals surface area contributed by atoms with Crippen molar-refractivity contribution >= 4 is 23.0 Å². The van der Waals surface area contributed by atoms with Crippen LogP contribution in [0.4, 0.5) is 5.82 Å². The van der Waals surface area contributed by atoms with Gasteiger partial charge in [-0.25, -0.2) is 4.79 Å². The minimum atomic E-state index is -0.806. The summed E-state index contributed by atoms with van der Waals surface area (Å²) in [5, 5.41) is 9.03. The molecule has 10 nitrogen and oxygen atoms in total. The summed E-state index contributed by atoms with van der Waals surface area (Å²) in [5.41, 5.74) is 8.76. The molecule has 1 aromatic carbocycles. The molecule has 0 amide bonds. The zero-order chi connectivity index (χ0) is 24.8. The number of anilines is 1. The number of nitrogens with zero attached hydrogens (tertiary/aromatic N) is 4. The van der Waals surface area contributed by atoms with E-state index in [1.807, 2.05) is 18.2 Å². The number of ether oxygens (including phenoxy) is 1. The number of unbranched alkanes of at least 4 members (excludes halogenated alkanes) is 1. The van der Waals surface area contributed by atoms with Gasteiger partial charge in [-0.1, -0.05) is 37.6 Å². The fraction of sp³-hybridized carbons (Fsp3) is 0.520. The van der Waals surface area contributed by atoms with E-state index >= 15 is 0 Å². The van der Waals surface area contributed by atoms with Gasteiger partial charge >= 0.3 is 17.7 Å². The van der Waals surface area contributed by atoms with E-state index in [0.717, 1.165) is 57.3 Å². The molecule has 0 atom stereocenters. The first-order chi connectivity index (χ1) is 16.9. The number of nitrogen functional groups attached to an aromatic ring is 1. The van der Waals surface area contributed by atoms with Gasteiger partial charge in [-0.05, 0) is 55.8 Å². The number of nitrogens with one attached hydrogen (secondary N) is 1. The van der Waals surface area contributed by atoms with E-state index in [-0.39, 0.29) is 23.9 Å². The second kappa shape index (κ2) is 11.4. The number of aromatic amines is 1. The number of H-pyrrole nitrogens is 1. The number of rotatable bonds is 11.